The molecule has 20 heavy (non-hydrogen) atoms. The molecule has 1 unspecified atom stereocenters. The molecule has 0 aromatic heterocycles. The monoisotopic (exact) mass is 283 g/mol. The lowest BCUT2D eigenvalue weighted by Crippen LogP contribution is -2.32. The lowest BCUT2D eigenvalue weighted by molar-refractivity contribution is 0.406. The lowest BCUT2D eigenvalue weighted by atomic mass is 9.79. The molecule has 6 heteroatoms. The van der Waals surface area contributed by atoms with E-state index in [1.807, 2.05) is 18.2 Å². The fourth-order valence-electron chi connectivity index (χ4n) is 2.23. The first-order valence-corrected chi connectivity index (χ1v) is 6.22. The van der Waals surface area contributed by atoms with Crippen LogP contribution in [0.4, 0.5) is 0 Å². The summed E-state index contributed by atoms with van der Waals surface area (Å²) in [4.78, 5) is 3.92. The average molecular weight is 283 g/mol. The molecular weight excluding hydrogens is 272 g/mol. The summed E-state index contributed by atoms with van der Waals surface area (Å²) in [5.41, 5.74) is 6.77. The van der Waals surface area contributed by atoms with Crippen LogP contribution in [-0.4, -0.2) is 12.9 Å². The maximum absolute atomic E-state index is 9.34. The molecule has 5 nitrogen and oxygen atoms in total. The van der Waals surface area contributed by atoms with Crippen LogP contribution in [0.3, 0.4) is 0 Å². The summed E-state index contributed by atoms with van der Waals surface area (Å²) < 4.78 is 5.30. The minimum atomic E-state index is -0.729. The molecule has 0 fully saturated rings. The van der Waals surface area contributed by atoms with Crippen molar-refractivity contribution in [1.82, 2.24) is 0 Å². The number of benzene rings is 1. The van der Waals surface area contributed by atoms with Gasteiger partial charge in [0.1, 0.15) is 17.5 Å². The Bertz CT molecular complexity index is 681. The van der Waals surface area contributed by atoms with Gasteiger partial charge in [0, 0.05) is 17.1 Å². The van der Waals surface area contributed by atoms with Crippen molar-refractivity contribution < 1.29 is 4.74 Å². The van der Waals surface area contributed by atoms with E-state index >= 15 is 0 Å². The summed E-state index contributed by atoms with van der Waals surface area (Å²) in [6, 6.07) is 11.3. The van der Waals surface area contributed by atoms with E-state index in [0.29, 0.717) is 11.3 Å². The summed E-state index contributed by atoms with van der Waals surface area (Å²) in [6.07, 6.45) is 0. The largest absolute Gasteiger partial charge is 0.759 e. The standard InChI is InChI=1S/C14H12N4OS/c1-19-11-5-3-2-4-8(11)12-9(6-15)13(17)18-14(20)10(12)7-16/h2-5,9,12,20H,1H3,(H2,17,18)/p-1/t9?,12-/m0/s1. The highest BCUT2D eigenvalue weighted by atomic mass is 32.1. The zero-order valence-electron chi connectivity index (χ0n) is 10.7. The van der Waals surface area contributed by atoms with Gasteiger partial charge < -0.3 is 23.1 Å². The Morgan fingerprint density at radius 2 is 2.05 bits per heavy atom. The minimum Gasteiger partial charge on any atom is -0.759 e. The second-order valence-electron chi connectivity index (χ2n) is 4.19. The molecule has 0 aliphatic carbocycles. The number of nitrogens with zero attached hydrogens (tertiary/aromatic N) is 3. The van der Waals surface area contributed by atoms with E-state index in [2.05, 4.69) is 11.1 Å². The topological polar surface area (TPSA) is 95.2 Å². The van der Waals surface area contributed by atoms with Crippen LogP contribution in [0.5, 0.6) is 5.75 Å². The molecule has 2 rings (SSSR count). The number of allylic oxidation sites excluding steroid dienone is 1. The van der Waals surface area contributed by atoms with Gasteiger partial charge in [0.25, 0.3) is 0 Å². The molecule has 0 spiro atoms. The molecule has 1 aliphatic rings. The summed E-state index contributed by atoms with van der Waals surface area (Å²) in [6.45, 7) is 0. The van der Waals surface area contributed by atoms with E-state index in [0.717, 1.165) is 0 Å². The zero-order valence-corrected chi connectivity index (χ0v) is 11.5. The van der Waals surface area contributed by atoms with Crippen molar-refractivity contribution in [2.24, 2.45) is 16.6 Å². The molecule has 100 valence electrons. The van der Waals surface area contributed by atoms with Crippen molar-refractivity contribution in [2.75, 3.05) is 7.11 Å². The second kappa shape index (κ2) is 5.60. The molecule has 2 N–H and O–H groups in total. The van der Waals surface area contributed by atoms with Gasteiger partial charge in [-0.05, 0) is 6.07 Å². The van der Waals surface area contributed by atoms with E-state index in [9.17, 15) is 10.5 Å². The smallest absolute Gasteiger partial charge is 0.122 e. The van der Waals surface area contributed by atoms with Crippen molar-refractivity contribution in [2.45, 2.75) is 5.92 Å². The van der Waals surface area contributed by atoms with Crippen LogP contribution in [-0.2, 0) is 12.6 Å². The third-order valence-corrected chi connectivity index (χ3v) is 3.47. The van der Waals surface area contributed by atoms with Gasteiger partial charge in [-0.15, -0.1) is 0 Å². The highest BCUT2D eigenvalue weighted by molar-refractivity contribution is 7.63. The molecule has 1 aliphatic heterocycles. The van der Waals surface area contributed by atoms with Crippen LogP contribution in [0.25, 0.3) is 0 Å². The minimum absolute atomic E-state index is 0.132. The Balaban J connectivity index is 2.66. The fourth-order valence-corrected chi connectivity index (χ4v) is 2.51. The Morgan fingerprint density at radius 1 is 1.35 bits per heavy atom. The number of amidine groups is 1. The number of hydrogen-bond donors (Lipinski definition) is 1. The molecule has 1 aromatic rings. The van der Waals surface area contributed by atoms with Crippen molar-refractivity contribution >= 4 is 18.5 Å². The quantitative estimate of drug-likeness (QED) is 0.831. The maximum Gasteiger partial charge on any atom is 0.122 e. The number of aliphatic imine (C=N–C) groups is 1. The fraction of sp³-hybridized carbons (Fsp3) is 0.214. The van der Waals surface area contributed by atoms with Gasteiger partial charge in [-0.25, -0.2) is 0 Å². The molecule has 0 saturated heterocycles. The molecule has 0 radical (unpaired) electrons. The van der Waals surface area contributed by atoms with Gasteiger partial charge in [-0.2, -0.15) is 10.5 Å². The summed E-state index contributed by atoms with van der Waals surface area (Å²) in [5.74, 6) is -0.561. The molecule has 2 atom stereocenters. The van der Waals surface area contributed by atoms with Crippen LogP contribution in [0.1, 0.15) is 11.5 Å². The second-order valence-corrected chi connectivity index (χ2v) is 4.58. The Labute approximate surface area is 122 Å². The first-order valence-electron chi connectivity index (χ1n) is 5.81. The number of nitriles is 2. The number of ether oxygens (including phenoxy) is 1. The maximum atomic E-state index is 9.34. The summed E-state index contributed by atoms with van der Waals surface area (Å²) >= 11 is 5.08. The zero-order chi connectivity index (χ0) is 14.7. The predicted octanol–water partition coefficient (Wildman–Crippen LogP) is 1.57. The number of rotatable bonds is 2. The number of methoxy groups -OCH3 is 1. The number of para-hydroxylation sites is 1. The predicted molar refractivity (Wildman–Crippen MR) is 76.5 cm³/mol. The summed E-state index contributed by atoms with van der Waals surface area (Å²) in [7, 11) is 1.53. The van der Waals surface area contributed by atoms with Gasteiger partial charge in [-0.1, -0.05) is 23.2 Å². The van der Waals surface area contributed by atoms with Gasteiger partial charge in [0.05, 0.1) is 19.2 Å². The van der Waals surface area contributed by atoms with Crippen LogP contribution < -0.4 is 10.5 Å². The van der Waals surface area contributed by atoms with Crippen molar-refractivity contribution in [3.05, 3.63) is 40.4 Å². The Hall–Kier alpha value is -2.57. The van der Waals surface area contributed by atoms with E-state index in [1.165, 1.54) is 7.11 Å². The van der Waals surface area contributed by atoms with E-state index in [4.69, 9.17) is 23.1 Å². The third kappa shape index (κ3) is 2.18. The Morgan fingerprint density at radius 3 is 2.65 bits per heavy atom. The van der Waals surface area contributed by atoms with Gasteiger partial charge >= 0.3 is 0 Å². The molecule has 0 saturated carbocycles. The number of hydrogen-bond acceptors (Lipinski definition) is 6. The van der Waals surface area contributed by atoms with Gasteiger partial charge in [-0.3, -0.25) is 4.99 Å². The van der Waals surface area contributed by atoms with Crippen molar-refractivity contribution in [3.63, 3.8) is 0 Å². The molecule has 0 amide bonds. The van der Waals surface area contributed by atoms with Crippen LogP contribution >= 0.6 is 0 Å². The van der Waals surface area contributed by atoms with Crippen LogP contribution in [0.2, 0.25) is 0 Å². The van der Waals surface area contributed by atoms with Crippen molar-refractivity contribution in [1.29, 1.82) is 10.5 Å². The first-order chi connectivity index (χ1) is 9.63. The van der Waals surface area contributed by atoms with Gasteiger partial charge in [0.2, 0.25) is 0 Å². The Kier molecular flexibility index (Phi) is 3.88. The lowest BCUT2D eigenvalue weighted by Gasteiger charge is -2.30. The van der Waals surface area contributed by atoms with Crippen molar-refractivity contribution in [3.8, 4) is 17.9 Å². The van der Waals surface area contributed by atoms with Crippen LogP contribution in [0, 0.1) is 28.6 Å². The average Bonchev–Trinajstić information content (AvgIpc) is 2.46. The highest BCUT2D eigenvalue weighted by Gasteiger charge is 2.34. The molecule has 1 heterocycles. The van der Waals surface area contributed by atoms with Gasteiger partial charge in [0.15, 0.2) is 0 Å². The van der Waals surface area contributed by atoms with E-state index in [-0.39, 0.29) is 16.4 Å². The number of nitrogens with two attached hydrogens (primary N) is 1. The highest BCUT2D eigenvalue weighted by Crippen LogP contribution is 2.40. The summed E-state index contributed by atoms with van der Waals surface area (Å²) in [5, 5.41) is 18.8. The van der Waals surface area contributed by atoms with Crippen LogP contribution in [0.15, 0.2) is 39.9 Å². The van der Waals surface area contributed by atoms with E-state index in [1.54, 1.807) is 12.1 Å². The molecule has 0 bridgehead atoms. The molecular formula is C14H11N4OS-. The molecule has 1 aromatic carbocycles. The third-order valence-electron chi connectivity index (χ3n) is 3.16. The van der Waals surface area contributed by atoms with E-state index < -0.39 is 11.8 Å². The first kappa shape index (κ1) is 13.9. The SMILES string of the molecule is COc1ccccc1[C@@H]1C(C#N)=C([S-])N=C(N)C1C#N. The normalized spacial score (nSPS) is 21.6.